The molecule has 0 aromatic heterocycles. The summed E-state index contributed by atoms with van der Waals surface area (Å²) >= 11 is 0. The van der Waals surface area contributed by atoms with Crippen LogP contribution in [0.2, 0.25) is 0 Å². The number of hydrogen-bond donors (Lipinski definition) is 2. The Labute approximate surface area is 180 Å². The number of aromatic hydroxyl groups is 1. The van der Waals surface area contributed by atoms with Crippen LogP contribution in [0.1, 0.15) is 72.8 Å². The van der Waals surface area contributed by atoms with Gasteiger partial charge < -0.3 is 10.2 Å². The third-order valence-corrected chi connectivity index (χ3v) is 9.11. The highest BCUT2D eigenvalue weighted by Crippen LogP contribution is 2.64. The molecule has 0 heterocycles. The fraction of sp³-hybridized carbons (Fsp3) is 0.500. The number of benzene rings is 2. The van der Waals surface area contributed by atoms with Crippen molar-refractivity contribution in [3.8, 4) is 5.75 Å². The van der Waals surface area contributed by atoms with Crippen LogP contribution in [0.25, 0.3) is 6.08 Å². The molecule has 158 valence electrons. The van der Waals surface area contributed by atoms with E-state index in [1.54, 1.807) is 0 Å². The molecule has 3 aliphatic carbocycles. The first-order chi connectivity index (χ1) is 14.3. The van der Waals surface area contributed by atoms with Gasteiger partial charge in [0.15, 0.2) is 0 Å². The van der Waals surface area contributed by atoms with Crippen LogP contribution in [-0.2, 0) is 6.42 Å². The summed E-state index contributed by atoms with van der Waals surface area (Å²) in [5, 5.41) is 21.8. The lowest BCUT2D eigenvalue weighted by atomic mass is 9.53. The Kier molecular flexibility index (Phi) is 4.63. The minimum absolute atomic E-state index is 0.0587. The van der Waals surface area contributed by atoms with Crippen molar-refractivity contribution in [2.75, 3.05) is 0 Å². The predicted octanol–water partition coefficient (Wildman–Crippen LogP) is 6.31. The maximum atomic E-state index is 11.9. The van der Waals surface area contributed by atoms with Crippen molar-refractivity contribution < 1.29 is 10.2 Å². The number of aliphatic hydroxyl groups is 1. The lowest BCUT2D eigenvalue weighted by molar-refractivity contribution is -0.0705. The van der Waals surface area contributed by atoms with E-state index < -0.39 is 5.60 Å². The molecule has 2 fully saturated rings. The van der Waals surface area contributed by atoms with Gasteiger partial charge in [0.05, 0.1) is 5.60 Å². The summed E-state index contributed by atoms with van der Waals surface area (Å²) in [4.78, 5) is 0. The van der Waals surface area contributed by atoms with Gasteiger partial charge in [0.25, 0.3) is 0 Å². The van der Waals surface area contributed by atoms with Gasteiger partial charge in [-0.2, -0.15) is 0 Å². The average Bonchev–Trinajstić information content (AvgIpc) is 3.00. The van der Waals surface area contributed by atoms with Gasteiger partial charge in [-0.1, -0.05) is 43.3 Å². The summed E-state index contributed by atoms with van der Waals surface area (Å²) < 4.78 is 0. The van der Waals surface area contributed by atoms with E-state index in [2.05, 4.69) is 57.2 Å². The van der Waals surface area contributed by atoms with Crippen LogP contribution in [0.5, 0.6) is 5.75 Å². The molecule has 0 amide bonds. The van der Waals surface area contributed by atoms with Gasteiger partial charge in [-0.05, 0) is 110 Å². The molecule has 0 unspecified atom stereocenters. The molecule has 0 aliphatic heterocycles. The Morgan fingerprint density at radius 1 is 1.03 bits per heavy atom. The molecule has 3 aliphatic rings. The molecule has 0 radical (unpaired) electrons. The number of aryl methyl sites for hydroxylation is 2. The molecule has 2 aromatic carbocycles. The van der Waals surface area contributed by atoms with E-state index in [0.717, 1.165) is 32.1 Å². The molecule has 30 heavy (non-hydrogen) atoms. The second-order valence-electron chi connectivity index (χ2n) is 10.3. The van der Waals surface area contributed by atoms with Crippen molar-refractivity contribution in [2.24, 2.45) is 17.3 Å². The number of fused-ring (bicyclic) bond motifs is 5. The molecule has 2 heteroatoms. The van der Waals surface area contributed by atoms with Gasteiger partial charge in [0.2, 0.25) is 0 Å². The van der Waals surface area contributed by atoms with Crippen LogP contribution in [-0.4, -0.2) is 15.8 Å². The Bertz CT molecular complexity index is 1010. The highest BCUT2D eigenvalue weighted by Gasteiger charge is 2.60. The van der Waals surface area contributed by atoms with Gasteiger partial charge in [0.1, 0.15) is 5.75 Å². The molecule has 0 saturated heterocycles. The van der Waals surface area contributed by atoms with Crippen molar-refractivity contribution in [3.05, 3.63) is 70.3 Å². The third kappa shape index (κ3) is 2.87. The largest absolute Gasteiger partial charge is 0.508 e. The molecule has 2 N–H and O–H groups in total. The fourth-order valence-electron chi connectivity index (χ4n) is 7.08. The number of phenolic OH excluding ortho intramolecular Hbond substituents is 1. The van der Waals surface area contributed by atoms with Crippen molar-refractivity contribution >= 4 is 6.08 Å². The molecule has 5 rings (SSSR count). The molecule has 2 aromatic rings. The number of rotatable bonds is 2. The zero-order valence-corrected chi connectivity index (χ0v) is 18.5. The Morgan fingerprint density at radius 3 is 2.70 bits per heavy atom. The van der Waals surface area contributed by atoms with E-state index >= 15 is 0 Å². The lowest BCUT2D eigenvalue weighted by Crippen LogP contribution is -2.49. The van der Waals surface area contributed by atoms with E-state index in [4.69, 9.17) is 0 Å². The van der Waals surface area contributed by atoms with Crippen molar-refractivity contribution in [2.45, 2.75) is 70.8 Å². The maximum absolute atomic E-state index is 11.9. The van der Waals surface area contributed by atoms with Crippen molar-refractivity contribution in [1.82, 2.24) is 0 Å². The zero-order valence-electron chi connectivity index (χ0n) is 18.5. The fourth-order valence-corrected chi connectivity index (χ4v) is 7.08. The second-order valence-corrected chi connectivity index (χ2v) is 10.3. The van der Waals surface area contributed by atoms with Gasteiger partial charge in [-0.3, -0.25) is 0 Å². The minimum Gasteiger partial charge on any atom is -0.508 e. The minimum atomic E-state index is -0.728. The summed E-state index contributed by atoms with van der Waals surface area (Å²) in [6.45, 7) is 6.66. The van der Waals surface area contributed by atoms with E-state index in [1.165, 1.54) is 34.2 Å². The summed E-state index contributed by atoms with van der Waals surface area (Å²) in [5.74, 6) is 2.17. The SMILES string of the molecule is Cc1cccc(/C=C/[C@]2(O)CC[C@H]3[C@@H]4CCc5cc(O)ccc5[C@H]4CC[C@@]32C)c1C. The summed E-state index contributed by atoms with van der Waals surface area (Å²) in [6, 6.07) is 12.4. The van der Waals surface area contributed by atoms with Gasteiger partial charge in [0, 0.05) is 5.41 Å². The zero-order chi connectivity index (χ0) is 21.1. The topological polar surface area (TPSA) is 40.5 Å². The van der Waals surface area contributed by atoms with E-state index in [0.29, 0.717) is 23.5 Å². The lowest BCUT2D eigenvalue weighted by Gasteiger charge is -2.52. The van der Waals surface area contributed by atoms with E-state index in [1.807, 2.05) is 12.1 Å². The molecular formula is C28H34O2. The monoisotopic (exact) mass is 402 g/mol. The molecule has 0 spiro atoms. The van der Waals surface area contributed by atoms with Gasteiger partial charge >= 0.3 is 0 Å². The Balaban J connectivity index is 1.44. The van der Waals surface area contributed by atoms with Crippen LogP contribution >= 0.6 is 0 Å². The average molecular weight is 403 g/mol. The van der Waals surface area contributed by atoms with Crippen LogP contribution in [0.15, 0.2) is 42.5 Å². The van der Waals surface area contributed by atoms with Crippen LogP contribution in [0.4, 0.5) is 0 Å². The quantitative estimate of drug-likeness (QED) is 0.618. The highest BCUT2D eigenvalue weighted by molar-refractivity contribution is 5.57. The summed E-state index contributed by atoms with van der Waals surface area (Å²) in [7, 11) is 0. The first kappa shape index (κ1) is 19.9. The molecule has 2 saturated carbocycles. The maximum Gasteiger partial charge on any atom is 0.115 e. The van der Waals surface area contributed by atoms with E-state index in [-0.39, 0.29) is 5.41 Å². The van der Waals surface area contributed by atoms with Gasteiger partial charge in [-0.15, -0.1) is 0 Å². The summed E-state index contributed by atoms with van der Waals surface area (Å²) in [5.41, 5.74) is 5.82. The molecule has 2 nitrogen and oxygen atoms in total. The number of hydrogen-bond acceptors (Lipinski definition) is 2. The molecule has 0 bridgehead atoms. The van der Waals surface area contributed by atoms with Crippen molar-refractivity contribution in [3.63, 3.8) is 0 Å². The van der Waals surface area contributed by atoms with Crippen LogP contribution in [0, 0.1) is 31.1 Å². The molecule has 5 atom stereocenters. The first-order valence-corrected chi connectivity index (χ1v) is 11.6. The standard InChI is InChI=1S/C28H34O2/c1-18-5-4-6-20(19(18)2)11-15-28(30)16-13-26-25-9-7-21-17-22(29)8-10-23(21)24(25)12-14-27(26,28)3/h4-6,8,10-11,15,17,24-26,29-30H,7,9,12-14,16H2,1-3H3/b15-11+/t24-,25-,26+,27+,28+/m1/s1. The Hall–Kier alpha value is -2.06. The van der Waals surface area contributed by atoms with E-state index in [9.17, 15) is 10.2 Å². The van der Waals surface area contributed by atoms with Crippen LogP contribution in [0.3, 0.4) is 0 Å². The first-order valence-electron chi connectivity index (χ1n) is 11.6. The number of phenols is 1. The Morgan fingerprint density at radius 2 is 1.87 bits per heavy atom. The molecular weight excluding hydrogens is 368 g/mol. The predicted molar refractivity (Wildman–Crippen MR) is 123 cm³/mol. The second kappa shape index (κ2) is 6.99. The summed E-state index contributed by atoms with van der Waals surface area (Å²) in [6.07, 6.45) is 10.7. The van der Waals surface area contributed by atoms with Crippen molar-refractivity contribution in [1.29, 1.82) is 0 Å². The van der Waals surface area contributed by atoms with Gasteiger partial charge in [-0.25, -0.2) is 0 Å². The highest BCUT2D eigenvalue weighted by atomic mass is 16.3. The normalized spacial score (nSPS) is 35.1. The van der Waals surface area contributed by atoms with Crippen LogP contribution < -0.4 is 0 Å². The third-order valence-electron chi connectivity index (χ3n) is 9.11. The smallest absolute Gasteiger partial charge is 0.115 e.